The van der Waals surface area contributed by atoms with Crippen molar-refractivity contribution in [3.63, 3.8) is 0 Å². The summed E-state index contributed by atoms with van der Waals surface area (Å²) in [5, 5.41) is 4.86. The maximum absolute atomic E-state index is 4.87. The molecule has 15 heavy (non-hydrogen) atoms. The van der Waals surface area contributed by atoms with Crippen LogP contribution in [0.2, 0.25) is 0 Å². The van der Waals surface area contributed by atoms with Crippen molar-refractivity contribution in [2.45, 2.75) is 44.4 Å². The van der Waals surface area contributed by atoms with Crippen molar-refractivity contribution in [1.82, 2.24) is 10.3 Å². The van der Waals surface area contributed by atoms with Gasteiger partial charge in [-0.15, -0.1) is 11.3 Å². The van der Waals surface area contributed by atoms with Crippen molar-refractivity contribution < 1.29 is 0 Å². The molecule has 0 saturated carbocycles. The number of nitrogens with one attached hydrogen (secondary N) is 1. The highest BCUT2D eigenvalue weighted by atomic mass is 32.1. The molecular formula is C12H18N2S. The summed E-state index contributed by atoms with van der Waals surface area (Å²) in [6, 6.07) is 0. The van der Waals surface area contributed by atoms with Gasteiger partial charge >= 0.3 is 0 Å². The predicted octanol–water partition coefficient (Wildman–Crippen LogP) is 2.49. The number of aryl methyl sites for hydroxylation is 2. The van der Waals surface area contributed by atoms with E-state index in [1.54, 1.807) is 4.88 Å². The third-order valence-corrected chi connectivity index (χ3v) is 4.87. The minimum absolute atomic E-state index is 0.752. The smallest absolute Gasteiger partial charge is 0.0962 e. The molecule has 0 bridgehead atoms. The summed E-state index contributed by atoms with van der Waals surface area (Å²) in [5.74, 6) is 0.752. The molecule has 1 aromatic rings. The van der Waals surface area contributed by atoms with E-state index in [1.807, 2.05) is 11.3 Å². The van der Waals surface area contributed by atoms with Crippen LogP contribution in [0.15, 0.2) is 0 Å². The Hall–Kier alpha value is -0.410. The molecule has 82 valence electrons. The number of nitrogens with zero attached hydrogens (tertiary/aromatic N) is 1. The minimum Gasteiger partial charge on any atom is -0.317 e. The molecule has 3 heteroatoms. The lowest BCUT2D eigenvalue weighted by molar-refractivity contribution is 0.458. The molecule has 0 spiro atoms. The largest absolute Gasteiger partial charge is 0.317 e. The molecule has 1 saturated heterocycles. The van der Waals surface area contributed by atoms with E-state index in [0.29, 0.717) is 0 Å². The van der Waals surface area contributed by atoms with Crippen LogP contribution in [-0.2, 0) is 12.8 Å². The summed E-state index contributed by atoms with van der Waals surface area (Å²) >= 11 is 2.00. The van der Waals surface area contributed by atoms with E-state index in [2.05, 4.69) is 5.32 Å². The quantitative estimate of drug-likeness (QED) is 0.789. The summed E-state index contributed by atoms with van der Waals surface area (Å²) in [7, 11) is 0. The van der Waals surface area contributed by atoms with Crippen LogP contribution in [0.4, 0.5) is 0 Å². The van der Waals surface area contributed by atoms with Crippen LogP contribution < -0.4 is 5.32 Å². The molecule has 1 aromatic heterocycles. The molecule has 0 unspecified atom stereocenters. The van der Waals surface area contributed by atoms with Gasteiger partial charge in [0.2, 0.25) is 0 Å². The zero-order valence-corrected chi connectivity index (χ0v) is 9.91. The lowest BCUT2D eigenvalue weighted by Crippen LogP contribution is -2.26. The Kier molecular flexibility index (Phi) is 2.76. The van der Waals surface area contributed by atoms with Crippen LogP contribution >= 0.6 is 11.3 Å². The zero-order valence-electron chi connectivity index (χ0n) is 9.09. The van der Waals surface area contributed by atoms with E-state index >= 15 is 0 Å². The first kappa shape index (κ1) is 9.79. The first-order chi connectivity index (χ1) is 7.43. The van der Waals surface area contributed by atoms with E-state index in [1.165, 1.54) is 62.3 Å². The van der Waals surface area contributed by atoms with Gasteiger partial charge < -0.3 is 5.32 Å². The predicted molar refractivity (Wildman–Crippen MR) is 63.6 cm³/mol. The number of aromatic nitrogens is 1. The zero-order chi connectivity index (χ0) is 10.1. The van der Waals surface area contributed by atoms with E-state index in [-0.39, 0.29) is 0 Å². The molecule has 0 amide bonds. The van der Waals surface area contributed by atoms with Crippen LogP contribution in [0, 0.1) is 0 Å². The van der Waals surface area contributed by atoms with Crippen LogP contribution in [0.5, 0.6) is 0 Å². The molecule has 2 nitrogen and oxygen atoms in total. The standard InChI is InChI=1S/C12H18N2S/c1-2-4-11-10(3-1)14-12(15-11)9-5-7-13-8-6-9/h9,13H,1-8H2. The molecular weight excluding hydrogens is 204 g/mol. The molecule has 1 fully saturated rings. The van der Waals surface area contributed by atoms with Crippen molar-refractivity contribution in [1.29, 1.82) is 0 Å². The molecule has 0 aromatic carbocycles. The Bertz CT molecular complexity index is 316. The van der Waals surface area contributed by atoms with Crippen molar-refractivity contribution in [2.24, 2.45) is 0 Å². The highest BCUT2D eigenvalue weighted by Crippen LogP contribution is 2.33. The second-order valence-corrected chi connectivity index (χ2v) is 5.77. The van der Waals surface area contributed by atoms with Gasteiger partial charge in [-0.3, -0.25) is 0 Å². The lowest BCUT2D eigenvalue weighted by Gasteiger charge is -2.20. The molecule has 1 aliphatic carbocycles. The van der Waals surface area contributed by atoms with Crippen molar-refractivity contribution in [3.05, 3.63) is 15.6 Å². The van der Waals surface area contributed by atoms with Gasteiger partial charge in [-0.05, 0) is 51.6 Å². The first-order valence-corrected chi connectivity index (χ1v) is 6.94. The monoisotopic (exact) mass is 222 g/mol. The highest BCUT2D eigenvalue weighted by molar-refractivity contribution is 7.11. The van der Waals surface area contributed by atoms with Crippen LogP contribution in [0.1, 0.15) is 47.2 Å². The molecule has 2 heterocycles. The fourth-order valence-corrected chi connectivity index (χ4v) is 3.94. The maximum Gasteiger partial charge on any atom is 0.0962 e. The van der Waals surface area contributed by atoms with E-state index in [9.17, 15) is 0 Å². The van der Waals surface area contributed by atoms with E-state index < -0.39 is 0 Å². The van der Waals surface area contributed by atoms with Crippen molar-refractivity contribution in [2.75, 3.05) is 13.1 Å². The number of piperidine rings is 1. The third-order valence-electron chi connectivity index (χ3n) is 3.55. The summed E-state index contributed by atoms with van der Waals surface area (Å²) in [4.78, 5) is 6.46. The van der Waals surface area contributed by atoms with Gasteiger partial charge in [0.25, 0.3) is 0 Å². The Labute approximate surface area is 95.1 Å². The lowest BCUT2D eigenvalue weighted by atomic mass is 9.99. The molecule has 1 aliphatic heterocycles. The van der Waals surface area contributed by atoms with E-state index in [4.69, 9.17) is 4.98 Å². The number of rotatable bonds is 1. The summed E-state index contributed by atoms with van der Waals surface area (Å²) in [6.07, 6.45) is 7.82. The van der Waals surface area contributed by atoms with Crippen LogP contribution in [-0.4, -0.2) is 18.1 Å². The number of thiazole rings is 1. The number of hydrogen-bond donors (Lipinski definition) is 1. The fourth-order valence-electron chi connectivity index (χ4n) is 2.62. The van der Waals surface area contributed by atoms with Gasteiger partial charge in [0, 0.05) is 10.8 Å². The third kappa shape index (κ3) is 1.95. The Morgan fingerprint density at radius 3 is 2.73 bits per heavy atom. The van der Waals surface area contributed by atoms with Crippen molar-refractivity contribution in [3.8, 4) is 0 Å². The van der Waals surface area contributed by atoms with Gasteiger partial charge in [0.05, 0.1) is 10.7 Å². The minimum atomic E-state index is 0.752. The maximum atomic E-state index is 4.87. The SMILES string of the molecule is C1CCc2sc(C3CCNCC3)nc2C1. The van der Waals surface area contributed by atoms with Gasteiger partial charge in [-0.2, -0.15) is 0 Å². The highest BCUT2D eigenvalue weighted by Gasteiger charge is 2.22. The Morgan fingerprint density at radius 1 is 1.13 bits per heavy atom. The Morgan fingerprint density at radius 2 is 1.93 bits per heavy atom. The first-order valence-electron chi connectivity index (χ1n) is 6.12. The van der Waals surface area contributed by atoms with Crippen LogP contribution in [0.25, 0.3) is 0 Å². The Balaban J connectivity index is 1.82. The van der Waals surface area contributed by atoms with Crippen LogP contribution in [0.3, 0.4) is 0 Å². The van der Waals surface area contributed by atoms with E-state index in [0.717, 1.165) is 5.92 Å². The van der Waals surface area contributed by atoms with Gasteiger partial charge in [-0.25, -0.2) is 4.98 Å². The summed E-state index contributed by atoms with van der Waals surface area (Å²) < 4.78 is 0. The molecule has 2 aliphatic rings. The topological polar surface area (TPSA) is 24.9 Å². The summed E-state index contributed by atoms with van der Waals surface area (Å²) in [6.45, 7) is 2.35. The number of fused-ring (bicyclic) bond motifs is 1. The molecule has 3 rings (SSSR count). The second kappa shape index (κ2) is 4.22. The molecule has 0 radical (unpaired) electrons. The van der Waals surface area contributed by atoms with Gasteiger partial charge in [0.1, 0.15) is 0 Å². The normalized spacial score (nSPS) is 22.7. The van der Waals surface area contributed by atoms with Gasteiger partial charge in [0.15, 0.2) is 0 Å². The number of hydrogen-bond acceptors (Lipinski definition) is 3. The van der Waals surface area contributed by atoms with Crippen molar-refractivity contribution >= 4 is 11.3 Å². The summed E-state index contributed by atoms with van der Waals surface area (Å²) in [5.41, 5.74) is 1.43. The fraction of sp³-hybridized carbons (Fsp3) is 0.750. The second-order valence-electron chi connectivity index (χ2n) is 4.65. The molecule has 1 N–H and O–H groups in total. The molecule has 0 atom stereocenters. The average molecular weight is 222 g/mol. The van der Waals surface area contributed by atoms with Gasteiger partial charge in [-0.1, -0.05) is 0 Å². The average Bonchev–Trinajstić information content (AvgIpc) is 2.74.